The van der Waals surface area contributed by atoms with Crippen molar-refractivity contribution in [3.05, 3.63) is 63.7 Å². The van der Waals surface area contributed by atoms with Crippen LogP contribution in [0.5, 0.6) is 5.75 Å². The lowest BCUT2D eigenvalue weighted by molar-refractivity contribution is -0.384. The van der Waals surface area contributed by atoms with Gasteiger partial charge in [0.2, 0.25) is 0 Å². The zero-order chi connectivity index (χ0) is 20.4. The number of nitrogens with zero attached hydrogens (tertiary/aromatic N) is 2. The van der Waals surface area contributed by atoms with E-state index in [2.05, 4.69) is 5.32 Å². The summed E-state index contributed by atoms with van der Waals surface area (Å²) in [6.07, 6.45) is 3.92. The van der Waals surface area contributed by atoms with E-state index in [0.717, 1.165) is 32.2 Å². The molecular weight excluding hydrogens is 374 g/mol. The molecule has 0 spiro atoms. The van der Waals surface area contributed by atoms with E-state index in [1.807, 2.05) is 4.90 Å². The highest BCUT2D eigenvalue weighted by Crippen LogP contribution is 2.31. The molecule has 1 N–H and O–H groups in total. The molecule has 150 valence electrons. The Morgan fingerprint density at radius 1 is 1.14 bits per heavy atom. The fourth-order valence-electron chi connectivity index (χ4n) is 3.87. The SMILES string of the molecule is O=C(Nc1ccc2c(c1)C(=O)N1CCCCC1CCO2)c1ccc([N+](=O)[O-])cc1. The van der Waals surface area contributed by atoms with E-state index in [4.69, 9.17) is 4.74 Å². The van der Waals surface area contributed by atoms with Crippen LogP contribution in [0.2, 0.25) is 0 Å². The van der Waals surface area contributed by atoms with Gasteiger partial charge in [-0.05, 0) is 49.6 Å². The van der Waals surface area contributed by atoms with Crippen molar-refractivity contribution in [2.75, 3.05) is 18.5 Å². The van der Waals surface area contributed by atoms with Crippen molar-refractivity contribution in [1.29, 1.82) is 0 Å². The summed E-state index contributed by atoms with van der Waals surface area (Å²) in [6.45, 7) is 1.29. The van der Waals surface area contributed by atoms with Gasteiger partial charge in [-0.3, -0.25) is 19.7 Å². The molecule has 0 aliphatic carbocycles. The molecule has 2 aliphatic heterocycles. The number of anilines is 1. The number of nitrogens with one attached hydrogen (secondary N) is 1. The average molecular weight is 395 g/mol. The Kier molecular flexibility index (Phi) is 5.16. The minimum absolute atomic E-state index is 0.0733. The summed E-state index contributed by atoms with van der Waals surface area (Å²) < 4.78 is 5.80. The van der Waals surface area contributed by atoms with Crippen LogP contribution in [0.15, 0.2) is 42.5 Å². The van der Waals surface area contributed by atoms with Gasteiger partial charge in [0.05, 0.1) is 17.1 Å². The number of non-ortho nitro benzene ring substituents is 1. The Morgan fingerprint density at radius 2 is 1.93 bits per heavy atom. The van der Waals surface area contributed by atoms with Crippen molar-refractivity contribution in [1.82, 2.24) is 4.90 Å². The molecule has 8 nitrogen and oxygen atoms in total. The maximum atomic E-state index is 13.1. The lowest BCUT2D eigenvalue weighted by Crippen LogP contribution is -2.45. The lowest BCUT2D eigenvalue weighted by atomic mass is 9.97. The van der Waals surface area contributed by atoms with Crippen molar-refractivity contribution >= 4 is 23.2 Å². The first-order valence-corrected chi connectivity index (χ1v) is 9.66. The number of hydrogen-bond acceptors (Lipinski definition) is 5. The van der Waals surface area contributed by atoms with Crippen molar-refractivity contribution in [2.45, 2.75) is 31.7 Å². The van der Waals surface area contributed by atoms with E-state index in [-0.39, 0.29) is 17.6 Å². The predicted molar refractivity (Wildman–Crippen MR) is 106 cm³/mol. The Labute approximate surface area is 167 Å². The third-order valence-corrected chi connectivity index (χ3v) is 5.40. The maximum absolute atomic E-state index is 13.1. The van der Waals surface area contributed by atoms with Crippen LogP contribution in [-0.4, -0.2) is 40.8 Å². The van der Waals surface area contributed by atoms with Gasteiger partial charge in [-0.2, -0.15) is 0 Å². The van der Waals surface area contributed by atoms with Gasteiger partial charge in [-0.1, -0.05) is 0 Å². The van der Waals surface area contributed by atoms with Crippen LogP contribution in [0.25, 0.3) is 0 Å². The Bertz CT molecular complexity index is 957. The molecule has 2 aliphatic rings. The molecule has 1 unspecified atom stereocenters. The molecular formula is C21H21N3O5. The number of nitro benzene ring substituents is 1. The normalized spacial score (nSPS) is 18.6. The van der Waals surface area contributed by atoms with Gasteiger partial charge >= 0.3 is 0 Å². The van der Waals surface area contributed by atoms with E-state index in [9.17, 15) is 19.7 Å². The first-order valence-electron chi connectivity index (χ1n) is 9.66. The molecule has 8 heteroatoms. The molecule has 2 heterocycles. The summed E-state index contributed by atoms with van der Waals surface area (Å²) in [5.74, 6) is 0.0399. The molecule has 4 rings (SSSR count). The lowest BCUT2D eigenvalue weighted by Gasteiger charge is -2.37. The molecule has 0 bridgehead atoms. The van der Waals surface area contributed by atoms with Crippen molar-refractivity contribution < 1.29 is 19.2 Å². The minimum atomic E-state index is -0.518. The van der Waals surface area contributed by atoms with E-state index >= 15 is 0 Å². The summed E-state index contributed by atoms with van der Waals surface area (Å²) in [7, 11) is 0. The number of rotatable bonds is 3. The van der Waals surface area contributed by atoms with Crippen LogP contribution in [0.3, 0.4) is 0 Å². The number of amides is 2. The van der Waals surface area contributed by atoms with Gasteiger partial charge < -0.3 is 15.0 Å². The Hall–Kier alpha value is -3.42. The summed E-state index contributed by atoms with van der Waals surface area (Å²) >= 11 is 0. The largest absolute Gasteiger partial charge is 0.493 e. The molecule has 0 radical (unpaired) electrons. The van der Waals surface area contributed by atoms with Crippen LogP contribution < -0.4 is 10.1 Å². The average Bonchev–Trinajstić information content (AvgIpc) is 2.73. The highest BCUT2D eigenvalue weighted by Gasteiger charge is 2.31. The summed E-state index contributed by atoms with van der Waals surface area (Å²) in [6, 6.07) is 10.6. The molecule has 2 amide bonds. The van der Waals surface area contributed by atoms with Crippen LogP contribution in [0.1, 0.15) is 46.4 Å². The fraction of sp³-hybridized carbons (Fsp3) is 0.333. The van der Waals surface area contributed by atoms with Crippen molar-refractivity contribution in [2.24, 2.45) is 0 Å². The third-order valence-electron chi connectivity index (χ3n) is 5.40. The van der Waals surface area contributed by atoms with E-state index in [1.54, 1.807) is 18.2 Å². The van der Waals surface area contributed by atoms with Crippen LogP contribution in [-0.2, 0) is 0 Å². The van der Waals surface area contributed by atoms with Gasteiger partial charge in [0.1, 0.15) is 5.75 Å². The number of carbonyl (C=O) groups is 2. The number of hydrogen-bond donors (Lipinski definition) is 1. The van der Waals surface area contributed by atoms with Gasteiger partial charge in [0.15, 0.2) is 0 Å². The molecule has 1 saturated heterocycles. The Morgan fingerprint density at radius 3 is 2.69 bits per heavy atom. The first-order chi connectivity index (χ1) is 14.0. The molecule has 29 heavy (non-hydrogen) atoms. The highest BCUT2D eigenvalue weighted by molar-refractivity contribution is 6.05. The standard InChI is InChI=1S/C21H21N3O5/c25-20(14-4-7-17(8-5-14)24(27)28)22-15-6-9-19-18(13-15)21(26)23-11-2-1-3-16(23)10-12-29-19/h4-9,13,16H,1-3,10-12H2,(H,22,25). The van der Waals surface area contributed by atoms with Gasteiger partial charge in [-0.15, -0.1) is 0 Å². The highest BCUT2D eigenvalue weighted by atomic mass is 16.6. The van der Waals surface area contributed by atoms with Crippen LogP contribution in [0, 0.1) is 10.1 Å². The number of piperidine rings is 1. The van der Waals surface area contributed by atoms with Crippen LogP contribution >= 0.6 is 0 Å². The number of nitro groups is 1. The van der Waals surface area contributed by atoms with Gasteiger partial charge in [0.25, 0.3) is 17.5 Å². The van der Waals surface area contributed by atoms with E-state index in [0.29, 0.717) is 29.2 Å². The predicted octanol–water partition coefficient (Wildman–Crippen LogP) is 3.62. The smallest absolute Gasteiger partial charge is 0.269 e. The second kappa shape index (κ2) is 7.90. The van der Waals surface area contributed by atoms with Gasteiger partial charge in [0, 0.05) is 42.4 Å². The molecule has 1 atom stereocenters. The Balaban J connectivity index is 1.56. The quantitative estimate of drug-likeness (QED) is 0.632. The molecule has 0 aromatic heterocycles. The zero-order valence-corrected chi connectivity index (χ0v) is 15.8. The van der Waals surface area contributed by atoms with E-state index in [1.165, 1.54) is 24.3 Å². The molecule has 0 saturated carbocycles. The number of ether oxygens (including phenoxy) is 1. The molecule has 1 fully saturated rings. The second-order valence-electron chi connectivity index (χ2n) is 7.25. The first kappa shape index (κ1) is 18.9. The van der Waals surface area contributed by atoms with Crippen LogP contribution in [0.4, 0.5) is 11.4 Å². The topological polar surface area (TPSA) is 102 Å². The minimum Gasteiger partial charge on any atom is -0.493 e. The fourth-order valence-corrected chi connectivity index (χ4v) is 3.87. The second-order valence-corrected chi connectivity index (χ2v) is 7.25. The number of benzene rings is 2. The maximum Gasteiger partial charge on any atom is 0.269 e. The molecule has 2 aromatic carbocycles. The summed E-state index contributed by atoms with van der Waals surface area (Å²) in [5, 5.41) is 13.5. The zero-order valence-electron chi connectivity index (χ0n) is 15.8. The third kappa shape index (κ3) is 3.91. The molecule has 2 aromatic rings. The number of fused-ring (bicyclic) bond motifs is 2. The summed E-state index contributed by atoms with van der Waals surface area (Å²) in [4.78, 5) is 37.7. The monoisotopic (exact) mass is 395 g/mol. The van der Waals surface area contributed by atoms with Crippen molar-refractivity contribution in [3.8, 4) is 5.75 Å². The number of carbonyl (C=O) groups excluding carboxylic acids is 2. The van der Waals surface area contributed by atoms with Gasteiger partial charge in [-0.25, -0.2) is 0 Å². The van der Waals surface area contributed by atoms with Crippen molar-refractivity contribution in [3.63, 3.8) is 0 Å². The van der Waals surface area contributed by atoms with E-state index < -0.39 is 10.8 Å². The summed E-state index contributed by atoms with van der Waals surface area (Å²) in [5.41, 5.74) is 1.12.